The minimum atomic E-state index is -0.776. The van der Waals surface area contributed by atoms with E-state index in [1.165, 1.54) is 11.8 Å². The largest absolute Gasteiger partial charge is 0.352 e. The first-order valence-electron chi connectivity index (χ1n) is 9.89. The number of carbonyl (C=O) groups excluding carboxylic acids is 3. The molecule has 2 heterocycles. The Balaban J connectivity index is 1.29. The molecule has 2 aromatic rings. The molecular weight excluding hydrogens is 466 g/mol. The topological polar surface area (TPSA) is 78.5 Å². The van der Waals surface area contributed by atoms with Gasteiger partial charge in [-0.05, 0) is 42.7 Å². The first-order valence-corrected chi connectivity index (χ1v) is 11.6. The summed E-state index contributed by atoms with van der Waals surface area (Å²) < 4.78 is 0.980. The summed E-state index contributed by atoms with van der Waals surface area (Å²) in [6, 6.07) is 15.3. The van der Waals surface area contributed by atoms with Crippen LogP contribution in [-0.4, -0.2) is 41.0 Å². The van der Waals surface area contributed by atoms with Gasteiger partial charge in [-0.1, -0.05) is 40.2 Å². The molecule has 8 heteroatoms. The third-order valence-corrected chi connectivity index (χ3v) is 7.14. The quantitative estimate of drug-likeness (QED) is 0.647. The maximum atomic E-state index is 12.9. The number of hydrogen-bond donors (Lipinski definition) is 2. The summed E-state index contributed by atoms with van der Waals surface area (Å²) in [5.74, 6) is -0.562. The normalized spacial score (nSPS) is 19.0. The molecule has 3 amide bonds. The molecule has 2 aliphatic heterocycles. The van der Waals surface area contributed by atoms with Crippen LogP contribution in [0.2, 0.25) is 0 Å². The van der Waals surface area contributed by atoms with Crippen molar-refractivity contribution >= 4 is 51.1 Å². The van der Waals surface area contributed by atoms with Crippen LogP contribution in [0.15, 0.2) is 57.9 Å². The number of rotatable bonds is 4. The zero-order valence-electron chi connectivity index (χ0n) is 16.3. The number of hydrogen-bond acceptors (Lipinski definition) is 4. The highest BCUT2D eigenvalue weighted by Crippen LogP contribution is 2.36. The minimum Gasteiger partial charge on any atom is -0.352 e. The van der Waals surface area contributed by atoms with E-state index in [0.717, 1.165) is 20.6 Å². The molecule has 1 saturated heterocycles. The molecule has 156 valence electrons. The third kappa shape index (κ3) is 4.70. The molecule has 2 aliphatic rings. The van der Waals surface area contributed by atoms with Crippen molar-refractivity contribution in [2.24, 2.45) is 5.92 Å². The number of fused-ring (bicyclic) bond motifs is 1. The Kier molecular flexibility index (Phi) is 6.43. The maximum absolute atomic E-state index is 12.9. The van der Waals surface area contributed by atoms with E-state index in [1.54, 1.807) is 4.90 Å². The van der Waals surface area contributed by atoms with Gasteiger partial charge in [-0.15, -0.1) is 11.8 Å². The van der Waals surface area contributed by atoms with Crippen LogP contribution < -0.4 is 10.6 Å². The van der Waals surface area contributed by atoms with Crippen LogP contribution in [0.25, 0.3) is 0 Å². The van der Waals surface area contributed by atoms with Gasteiger partial charge in [0.25, 0.3) is 0 Å². The Morgan fingerprint density at radius 2 is 1.90 bits per heavy atom. The molecule has 0 bridgehead atoms. The Morgan fingerprint density at radius 1 is 1.13 bits per heavy atom. The standard InChI is InChI=1S/C22H22BrN3O3S/c23-16-5-3-4-14(12-16)13-24-20(27)15-8-10-26(11-9-15)22(29)19-21(28)25-17-6-1-2-7-18(17)30-19/h1-7,12,15,19H,8-11,13H2,(H,24,27)(H,25,28)/t19-/m1/s1. The molecule has 0 radical (unpaired) electrons. The fourth-order valence-electron chi connectivity index (χ4n) is 3.72. The molecule has 0 saturated carbocycles. The van der Waals surface area contributed by atoms with Gasteiger partial charge in [0.05, 0.1) is 5.69 Å². The Labute approximate surface area is 187 Å². The molecular formula is C22H22BrN3O3S. The number of carbonyl (C=O) groups is 3. The number of likely N-dealkylation sites (tertiary alicyclic amines) is 1. The lowest BCUT2D eigenvalue weighted by Crippen LogP contribution is -2.49. The van der Waals surface area contributed by atoms with Crippen molar-refractivity contribution in [1.82, 2.24) is 10.2 Å². The maximum Gasteiger partial charge on any atom is 0.247 e. The van der Waals surface area contributed by atoms with Gasteiger partial charge in [0.15, 0.2) is 5.25 Å². The second kappa shape index (κ2) is 9.22. The number of amides is 3. The SMILES string of the molecule is O=C(NCc1cccc(Br)c1)C1CCN(C(=O)[C@@H]2Sc3ccccc3NC2=O)CC1. The van der Waals surface area contributed by atoms with E-state index in [-0.39, 0.29) is 23.6 Å². The fourth-order valence-corrected chi connectivity index (χ4v) is 5.24. The highest BCUT2D eigenvalue weighted by Gasteiger charge is 2.37. The van der Waals surface area contributed by atoms with E-state index in [4.69, 9.17) is 0 Å². The second-order valence-corrected chi connectivity index (χ2v) is 9.49. The molecule has 4 rings (SSSR count). The molecule has 1 atom stereocenters. The van der Waals surface area contributed by atoms with Gasteiger partial charge < -0.3 is 15.5 Å². The lowest BCUT2D eigenvalue weighted by atomic mass is 9.95. The lowest BCUT2D eigenvalue weighted by Gasteiger charge is -2.34. The number of para-hydroxylation sites is 1. The number of thioether (sulfide) groups is 1. The summed E-state index contributed by atoms with van der Waals surface area (Å²) >= 11 is 4.73. The van der Waals surface area contributed by atoms with Gasteiger partial charge in [-0.2, -0.15) is 0 Å². The van der Waals surface area contributed by atoms with Gasteiger partial charge >= 0.3 is 0 Å². The smallest absolute Gasteiger partial charge is 0.247 e. The highest BCUT2D eigenvalue weighted by atomic mass is 79.9. The molecule has 0 unspecified atom stereocenters. The number of nitrogens with zero attached hydrogens (tertiary/aromatic N) is 1. The number of anilines is 1. The Bertz CT molecular complexity index is 976. The van der Waals surface area contributed by atoms with Gasteiger partial charge in [-0.3, -0.25) is 14.4 Å². The first-order chi connectivity index (χ1) is 14.5. The molecule has 2 aromatic carbocycles. The zero-order chi connectivity index (χ0) is 21.1. The van der Waals surface area contributed by atoms with Crippen LogP contribution in [0.3, 0.4) is 0 Å². The molecule has 6 nitrogen and oxygen atoms in total. The lowest BCUT2D eigenvalue weighted by molar-refractivity contribution is -0.137. The number of piperidine rings is 1. The molecule has 1 fully saturated rings. The van der Waals surface area contributed by atoms with Crippen LogP contribution in [0.1, 0.15) is 18.4 Å². The first kappa shape index (κ1) is 20.9. The number of halogens is 1. The summed E-state index contributed by atoms with van der Waals surface area (Å²) in [7, 11) is 0. The summed E-state index contributed by atoms with van der Waals surface area (Å²) in [6.07, 6.45) is 1.21. The summed E-state index contributed by atoms with van der Waals surface area (Å²) in [5, 5.41) is 5.03. The van der Waals surface area contributed by atoms with Crippen molar-refractivity contribution in [3.63, 3.8) is 0 Å². The second-order valence-electron chi connectivity index (χ2n) is 7.43. The van der Waals surface area contributed by atoms with E-state index in [9.17, 15) is 14.4 Å². The van der Waals surface area contributed by atoms with Gasteiger partial charge in [0.2, 0.25) is 17.7 Å². The molecule has 0 aliphatic carbocycles. The molecule has 0 aromatic heterocycles. The van der Waals surface area contributed by atoms with Crippen LogP contribution in [-0.2, 0) is 20.9 Å². The Hall–Kier alpha value is -2.32. The van der Waals surface area contributed by atoms with E-state index in [1.807, 2.05) is 48.5 Å². The molecule has 30 heavy (non-hydrogen) atoms. The van der Waals surface area contributed by atoms with E-state index in [2.05, 4.69) is 26.6 Å². The number of nitrogens with one attached hydrogen (secondary N) is 2. The highest BCUT2D eigenvalue weighted by molar-refractivity contribution is 9.10. The van der Waals surface area contributed by atoms with Crippen molar-refractivity contribution in [1.29, 1.82) is 0 Å². The minimum absolute atomic E-state index is 0.0146. The fraction of sp³-hybridized carbons (Fsp3) is 0.318. The van der Waals surface area contributed by atoms with Crippen LogP contribution in [0, 0.1) is 5.92 Å². The predicted molar refractivity (Wildman–Crippen MR) is 120 cm³/mol. The summed E-state index contributed by atoms with van der Waals surface area (Å²) in [6.45, 7) is 1.45. The van der Waals surface area contributed by atoms with Crippen molar-refractivity contribution in [3.8, 4) is 0 Å². The van der Waals surface area contributed by atoms with Crippen LogP contribution in [0.4, 0.5) is 5.69 Å². The third-order valence-electron chi connectivity index (χ3n) is 5.39. The molecule has 0 spiro atoms. The average Bonchev–Trinajstić information content (AvgIpc) is 2.76. The van der Waals surface area contributed by atoms with Crippen LogP contribution in [0.5, 0.6) is 0 Å². The summed E-state index contributed by atoms with van der Waals surface area (Å²) in [5.41, 5.74) is 1.78. The van der Waals surface area contributed by atoms with Crippen molar-refractivity contribution in [3.05, 3.63) is 58.6 Å². The van der Waals surface area contributed by atoms with Crippen molar-refractivity contribution in [2.75, 3.05) is 18.4 Å². The van der Waals surface area contributed by atoms with Gasteiger partial charge in [0, 0.05) is 34.9 Å². The summed E-state index contributed by atoms with van der Waals surface area (Å²) in [4.78, 5) is 40.5. The predicted octanol–water partition coefficient (Wildman–Crippen LogP) is 3.42. The number of benzene rings is 2. The van der Waals surface area contributed by atoms with Gasteiger partial charge in [-0.25, -0.2) is 0 Å². The van der Waals surface area contributed by atoms with Crippen molar-refractivity contribution < 1.29 is 14.4 Å². The monoisotopic (exact) mass is 487 g/mol. The van der Waals surface area contributed by atoms with E-state index in [0.29, 0.717) is 32.5 Å². The van der Waals surface area contributed by atoms with Gasteiger partial charge in [0.1, 0.15) is 0 Å². The van der Waals surface area contributed by atoms with E-state index >= 15 is 0 Å². The average molecular weight is 488 g/mol. The molecule has 2 N–H and O–H groups in total. The zero-order valence-corrected chi connectivity index (χ0v) is 18.7. The Morgan fingerprint density at radius 3 is 2.67 bits per heavy atom. The van der Waals surface area contributed by atoms with Crippen molar-refractivity contribution in [2.45, 2.75) is 29.5 Å². The van der Waals surface area contributed by atoms with Crippen LogP contribution >= 0.6 is 27.7 Å². The van der Waals surface area contributed by atoms with E-state index < -0.39 is 5.25 Å².